The van der Waals surface area contributed by atoms with Crippen molar-refractivity contribution in [3.05, 3.63) is 59.2 Å². The topological polar surface area (TPSA) is 119 Å². The number of methoxy groups -OCH3 is 2. The number of benzene rings is 1. The Labute approximate surface area is 182 Å². The van der Waals surface area contributed by atoms with Crippen LogP contribution in [0.3, 0.4) is 0 Å². The molecule has 0 aliphatic carbocycles. The molecule has 0 unspecified atom stereocenters. The minimum atomic E-state index is -3.80. The molecule has 0 spiro atoms. The van der Waals surface area contributed by atoms with Crippen molar-refractivity contribution in [3.63, 3.8) is 0 Å². The Bertz CT molecular complexity index is 1050. The molecule has 31 heavy (non-hydrogen) atoms. The monoisotopic (exact) mass is 448 g/mol. The summed E-state index contributed by atoms with van der Waals surface area (Å²) in [4.78, 5) is 16.5. The molecule has 0 aliphatic rings. The van der Waals surface area contributed by atoms with Crippen LogP contribution in [0, 0.1) is 6.92 Å². The van der Waals surface area contributed by atoms with Gasteiger partial charge >= 0.3 is 0 Å². The number of aromatic nitrogens is 1. The maximum Gasteiger partial charge on any atom is 0.271 e. The Morgan fingerprint density at radius 1 is 1.06 bits per heavy atom. The van der Waals surface area contributed by atoms with Gasteiger partial charge in [0, 0.05) is 12.4 Å². The first-order valence-corrected chi connectivity index (χ1v) is 10.9. The molecule has 168 valence electrons. The van der Waals surface area contributed by atoms with Gasteiger partial charge in [-0.3, -0.25) is 25.4 Å². The van der Waals surface area contributed by atoms with Crippen molar-refractivity contribution >= 4 is 22.0 Å². The largest absolute Gasteiger partial charge is 0.496 e. The summed E-state index contributed by atoms with van der Waals surface area (Å²) in [6, 6.07) is 6.83. The van der Waals surface area contributed by atoms with Crippen LogP contribution in [0.15, 0.2) is 42.5 Å². The molecule has 0 radical (unpaired) electrons. The molecule has 9 nitrogen and oxygen atoms in total. The number of pyridine rings is 1. The number of ether oxygens (including phenoxy) is 2. The maximum atomic E-state index is 12.7. The third-order valence-electron chi connectivity index (χ3n) is 4.25. The van der Waals surface area contributed by atoms with Gasteiger partial charge < -0.3 is 9.47 Å². The average Bonchev–Trinajstić information content (AvgIpc) is 2.70. The Kier molecular flexibility index (Phi) is 7.50. The Morgan fingerprint density at radius 3 is 2.19 bits per heavy atom. The highest BCUT2D eigenvalue weighted by atomic mass is 32.2. The van der Waals surface area contributed by atoms with Crippen LogP contribution in [0.5, 0.6) is 11.5 Å². The van der Waals surface area contributed by atoms with E-state index >= 15 is 0 Å². The second-order valence-corrected chi connectivity index (χ2v) is 10.1. The van der Waals surface area contributed by atoms with Crippen LogP contribution >= 0.6 is 0 Å². The predicted molar refractivity (Wildman–Crippen MR) is 119 cm³/mol. The molecular formula is C21H28N4O5S. The van der Waals surface area contributed by atoms with E-state index in [0.717, 1.165) is 5.56 Å². The molecule has 1 aromatic heterocycles. The summed E-state index contributed by atoms with van der Waals surface area (Å²) in [5.41, 5.74) is 6.76. The van der Waals surface area contributed by atoms with Gasteiger partial charge in [0.25, 0.3) is 5.91 Å². The number of hydrogen-bond acceptors (Lipinski definition) is 7. The number of hydrogen-bond donors (Lipinski definition) is 3. The Balaban J connectivity index is 2.42. The second-order valence-electron chi connectivity index (χ2n) is 7.68. The van der Waals surface area contributed by atoms with Gasteiger partial charge in [-0.05, 0) is 57.5 Å². The number of carbonyl (C=O) groups excluding carboxylic acids is 1. The number of carbonyl (C=O) groups is 1. The molecule has 1 amide bonds. The molecule has 2 aromatic rings. The lowest BCUT2D eigenvalue weighted by atomic mass is 10.1. The van der Waals surface area contributed by atoms with E-state index in [2.05, 4.69) is 20.6 Å². The van der Waals surface area contributed by atoms with Crippen molar-refractivity contribution in [1.29, 1.82) is 0 Å². The number of amides is 1. The van der Waals surface area contributed by atoms with E-state index in [0.29, 0.717) is 22.6 Å². The van der Waals surface area contributed by atoms with Gasteiger partial charge in [-0.15, -0.1) is 0 Å². The van der Waals surface area contributed by atoms with Gasteiger partial charge in [0.1, 0.15) is 17.3 Å². The molecule has 1 aromatic carbocycles. The highest BCUT2D eigenvalue weighted by Crippen LogP contribution is 2.30. The van der Waals surface area contributed by atoms with Crippen LogP contribution < -0.4 is 25.0 Å². The average molecular weight is 449 g/mol. The molecular weight excluding hydrogens is 420 g/mol. The molecule has 2 rings (SSSR count). The molecule has 0 aliphatic heterocycles. The molecule has 0 fully saturated rings. The first kappa shape index (κ1) is 24.0. The van der Waals surface area contributed by atoms with Gasteiger partial charge in [0.2, 0.25) is 10.0 Å². The fourth-order valence-corrected chi connectivity index (χ4v) is 3.14. The minimum absolute atomic E-state index is 0.00619. The van der Waals surface area contributed by atoms with Crippen molar-refractivity contribution in [2.75, 3.05) is 14.2 Å². The zero-order valence-electron chi connectivity index (χ0n) is 18.4. The summed E-state index contributed by atoms with van der Waals surface area (Å²) in [7, 11) is -0.819. The first-order valence-electron chi connectivity index (χ1n) is 9.41. The van der Waals surface area contributed by atoms with Crippen LogP contribution in [-0.2, 0) is 10.0 Å². The van der Waals surface area contributed by atoms with Gasteiger partial charge in [0.05, 0.1) is 30.1 Å². The fourth-order valence-electron chi connectivity index (χ4n) is 2.43. The number of aryl methyl sites for hydroxylation is 1. The fraction of sp³-hybridized carbons (Fsp3) is 0.333. The van der Waals surface area contributed by atoms with Crippen molar-refractivity contribution in [1.82, 2.24) is 20.6 Å². The van der Waals surface area contributed by atoms with Gasteiger partial charge in [0.15, 0.2) is 0 Å². The highest BCUT2D eigenvalue weighted by molar-refractivity contribution is 7.90. The predicted octanol–water partition coefficient (Wildman–Crippen LogP) is 2.36. The van der Waals surface area contributed by atoms with Crippen molar-refractivity contribution in [3.8, 4) is 11.5 Å². The number of hydrazine groups is 1. The van der Waals surface area contributed by atoms with Crippen molar-refractivity contribution < 1.29 is 22.7 Å². The maximum absolute atomic E-state index is 12.7. The summed E-state index contributed by atoms with van der Waals surface area (Å²) >= 11 is 0. The van der Waals surface area contributed by atoms with E-state index in [1.54, 1.807) is 51.2 Å². The zero-order valence-corrected chi connectivity index (χ0v) is 19.3. The first-order chi connectivity index (χ1) is 14.5. The molecule has 0 bridgehead atoms. The second kappa shape index (κ2) is 9.69. The van der Waals surface area contributed by atoms with E-state index in [-0.39, 0.29) is 5.82 Å². The molecule has 3 N–H and O–H groups in total. The summed E-state index contributed by atoms with van der Waals surface area (Å²) in [5, 5.41) is 0. The summed E-state index contributed by atoms with van der Waals surface area (Å²) in [6.45, 7) is 6.50. The van der Waals surface area contributed by atoms with E-state index in [4.69, 9.17) is 9.47 Å². The van der Waals surface area contributed by atoms with Crippen LogP contribution in [0.25, 0.3) is 6.08 Å². The van der Waals surface area contributed by atoms with Crippen LogP contribution in [0.2, 0.25) is 0 Å². The van der Waals surface area contributed by atoms with Crippen LogP contribution in [0.4, 0.5) is 0 Å². The third-order valence-corrected chi connectivity index (χ3v) is 6.35. The van der Waals surface area contributed by atoms with Crippen LogP contribution in [-0.4, -0.2) is 38.3 Å². The summed E-state index contributed by atoms with van der Waals surface area (Å²) < 4.78 is 37.6. The Morgan fingerprint density at radius 2 is 1.68 bits per heavy atom. The number of nitrogens with zero attached hydrogens (tertiary/aromatic N) is 1. The molecule has 0 saturated carbocycles. The lowest BCUT2D eigenvalue weighted by molar-refractivity contribution is 0.0938. The lowest BCUT2D eigenvalue weighted by Gasteiger charge is -2.23. The molecule has 10 heteroatoms. The van der Waals surface area contributed by atoms with Crippen molar-refractivity contribution in [2.24, 2.45) is 0 Å². The van der Waals surface area contributed by atoms with E-state index in [1.807, 2.05) is 6.92 Å². The normalized spacial score (nSPS) is 12.1. The summed E-state index contributed by atoms with van der Waals surface area (Å²) in [6.07, 6.45) is 4.52. The highest BCUT2D eigenvalue weighted by Gasteiger charge is 2.30. The van der Waals surface area contributed by atoms with E-state index in [1.165, 1.54) is 26.5 Å². The number of nitrogens with one attached hydrogen (secondary N) is 3. The SMILES string of the molecule is COc1cccc(OC)c1/C=C(/NNC(=O)c1cncc(C)c1)NS(=O)(=O)C(C)(C)C. The van der Waals surface area contributed by atoms with E-state index in [9.17, 15) is 13.2 Å². The van der Waals surface area contributed by atoms with Crippen LogP contribution in [0.1, 0.15) is 42.3 Å². The van der Waals surface area contributed by atoms with E-state index < -0.39 is 20.7 Å². The van der Waals surface area contributed by atoms with Gasteiger partial charge in [-0.1, -0.05) is 6.07 Å². The van der Waals surface area contributed by atoms with Crippen molar-refractivity contribution in [2.45, 2.75) is 32.4 Å². The number of rotatable bonds is 8. The standard InChI is InChI=1S/C21H28N4O5S/c1-14-10-15(13-22-12-14)20(26)24-23-19(25-31(27,28)21(2,3)4)11-16-17(29-5)8-7-9-18(16)30-6/h7-13,23,25H,1-6H3,(H,24,26)/b19-11-. The molecule has 0 atom stereocenters. The Hall–Kier alpha value is -3.27. The van der Waals surface area contributed by atoms with Gasteiger partial charge in [-0.25, -0.2) is 8.42 Å². The third kappa shape index (κ3) is 6.11. The zero-order chi connectivity index (χ0) is 23.2. The number of sulfonamides is 1. The summed E-state index contributed by atoms with van der Waals surface area (Å²) in [5.74, 6) is 0.446. The quantitative estimate of drug-likeness (QED) is 0.531. The molecule has 0 saturated heterocycles. The smallest absolute Gasteiger partial charge is 0.271 e. The van der Waals surface area contributed by atoms with Gasteiger partial charge in [-0.2, -0.15) is 0 Å². The molecule has 1 heterocycles. The lowest BCUT2D eigenvalue weighted by Crippen LogP contribution is -2.46. The minimum Gasteiger partial charge on any atom is -0.496 e.